The maximum atomic E-state index is 11.6. The van der Waals surface area contributed by atoms with Crippen molar-refractivity contribution in [3.8, 4) is 0 Å². The fraction of sp³-hybridized carbons (Fsp3) is 0.583. The molecule has 0 aliphatic rings. The number of pyridine rings is 1. The van der Waals surface area contributed by atoms with Crippen molar-refractivity contribution in [1.82, 2.24) is 4.98 Å². The van der Waals surface area contributed by atoms with Crippen LogP contribution in [-0.2, 0) is 21.0 Å². The minimum atomic E-state index is -2.98. The molecule has 0 bridgehead atoms. The SMILES string of the molecule is CCS(=O)(=O)Cc1ccncc1C(C)(C)C. The van der Waals surface area contributed by atoms with Gasteiger partial charge >= 0.3 is 0 Å². The van der Waals surface area contributed by atoms with Crippen molar-refractivity contribution in [2.24, 2.45) is 0 Å². The van der Waals surface area contributed by atoms with E-state index in [9.17, 15) is 8.42 Å². The predicted molar refractivity (Wildman–Crippen MR) is 66.1 cm³/mol. The summed E-state index contributed by atoms with van der Waals surface area (Å²) in [4.78, 5) is 4.07. The molecule has 0 unspecified atom stereocenters. The van der Waals surface area contributed by atoms with E-state index in [2.05, 4.69) is 25.8 Å². The van der Waals surface area contributed by atoms with E-state index in [0.717, 1.165) is 11.1 Å². The Labute approximate surface area is 97.8 Å². The fourth-order valence-corrected chi connectivity index (χ4v) is 2.49. The lowest BCUT2D eigenvalue weighted by molar-refractivity contribution is 0.577. The largest absolute Gasteiger partial charge is 0.264 e. The summed E-state index contributed by atoms with van der Waals surface area (Å²) >= 11 is 0. The van der Waals surface area contributed by atoms with Gasteiger partial charge in [-0.2, -0.15) is 0 Å². The molecule has 90 valence electrons. The molecule has 0 fully saturated rings. The van der Waals surface area contributed by atoms with Gasteiger partial charge in [0.15, 0.2) is 9.84 Å². The molecular weight excluding hydrogens is 222 g/mol. The van der Waals surface area contributed by atoms with Crippen molar-refractivity contribution in [3.63, 3.8) is 0 Å². The average molecular weight is 241 g/mol. The molecule has 0 N–H and O–H groups in total. The maximum absolute atomic E-state index is 11.6. The van der Waals surface area contributed by atoms with Crippen molar-refractivity contribution in [3.05, 3.63) is 29.6 Å². The van der Waals surface area contributed by atoms with E-state index in [1.807, 2.05) is 0 Å². The minimum absolute atomic E-state index is 0.0765. The second-order valence-electron chi connectivity index (χ2n) is 4.96. The summed E-state index contributed by atoms with van der Waals surface area (Å²) in [7, 11) is -2.98. The van der Waals surface area contributed by atoms with Gasteiger partial charge in [0.05, 0.1) is 5.75 Å². The van der Waals surface area contributed by atoms with E-state index in [-0.39, 0.29) is 16.9 Å². The van der Waals surface area contributed by atoms with E-state index in [4.69, 9.17) is 0 Å². The van der Waals surface area contributed by atoms with Crippen molar-refractivity contribution in [1.29, 1.82) is 0 Å². The first-order chi connectivity index (χ1) is 7.26. The van der Waals surface area contributed by atoms with Crippen LogP contribution in [0.4, 0.5) is 0 Å². The standard InChI is InChI=1S/C12H19NO2S/c1-5-16(14,15)9-10-6-7-13-8-11(10)12(2,3)4/h6-8H,5,9H2,1-4H3. The van der Waals surface area contributed by atoms with Crippen LogP contribution in [0.1, 0.15) is 38.8 Å². The molecule has 0 radical (unpaired) electrons. The average Bonchev–Trinajstić information content (AvgIpc) is 2.16. The van der Waals surface area contributed by atoms with Gasteiger partial charge in [0.1, 0.15) is 0 Å². The maximum Gasteiger partial charge on any atom is 0.154 e. The first-order valence-corrected chi connectivity index (χ1v) is 7.22. The zero-order chi connectivity index (χ0) is 12.4. The van der Waals surface area contributed by atoms with Gasteiger partial charge in [0, 0.05) is 18.1 Å². The molecule has 1 aromatic heterocycles. The van der Waals surface area contributed by atoms with Gasteiger partial charge < -0.3 is 0 Å². The molecule has 4 heteroatoms. The first-order valence-electron chi connectivity index (χ1n) is 5.40. The molecule has 0 amide bonds. The Bertz CT molecular complexity index is 458. The third kappa shape index (κ3) is 3.30. The number of hydrogen-bond donors (Lipinski definition) is 0. The number of nitrogens with zero attached hydrogens (tertiary/aromatic N) is 1. The molecule has 1 rings (SSSR count). The third-order valence-corrected chi connectivity index (χ3v) is 4.17. The Kier molecular flexibility index (Phi) is 3.73. The summed E-state index contributed by atoms with van der Waals surface area (Å²) < 4.78 is 23.3. The van der Waals surface area contributed by atoms with Gasteiger partial charge in [-0.3, -0.25) is 4.98 Å². The van der Waals surface area contributed by atoms with E-state index in [1.165, 1.54) is 0 Å². The Morgan fingerprint density at radius 2 is 1.94 bits per heavy atom. The number of aromatic nitrogens is 1. The molecule has 0 atom stereocenters. The highest BCUT2D eigenvalue weighted by molar-refractivity contribution is 7.90. The molecule has 0 saturated heterocycles. The lowest BCUT2D eigenvalue weighted by atomic mass is 9.85. The van der Waals surface area contributed by atoms with Gasteiger partial charge in [-0.25, -0.2) is 8.42 Å². The molecule has 0 saturated carbocycles. The molecule has 0 aliphatic carbocycles. The Morgan fingerprint density at radius 3 is 2.44 bits per heavy atom. The summed E-state index contributed by atoms with van der Waals surface area (Å²) in [6.07, 6.45) is 3.41. The van der Waals surface area contributed by atoms with Crippen molar-refractivity contribution < 1.29 is 8.42 Å². The molecular formula is C12H19NO2S. The Morgan fingerprint density at radius 1 is 1.31 bits per heavy atom. The van der Waals surface area contributed by atoms with Gasteiger partial charge in [-0.1, -0.05) is 27.7 Å². The summed E-state index contributed by atoms with van der Waals surface area (Å²) in [5, 5.41) is 0. The van der Waals surface area contributed by atoms with Crippen LogP contribution in [0.15, 0.2) is 18.5 Å². The normalized spacial score (nSPS) is 12.8. The number of hydrogen-bond acceptors (Lipinski definition) is 3. The Hall–Kier alpha value is -0.900. The first kappa shape index (κ1) is 13.2. The summed E-state index contributed by atoms with van der Waals surface area (Å²) in [5.41, 5.74) is 1.80. The van der Waals surface area contributed by atoms with Gasteiger partial charge in [0.25, 0.3) is 0 Å². The van der Waals surface area contributed by atoms with Crippen molar-refractivity contribution >= 4 is 9.84 Å². The lowest BCUT2D eigenvalue weighted by Gasteiger charge is -2.22. The lowest BCUT2D eigenvalue weighted by Crippen LogP contribution is -2.17. The fourth-order valence-electron chi connectivity index (χ4n) is 1.56. The topological polar surface area (TPSA) is 47.0 Å². The molecule has 3 nitrogen and oxygen atoms in total. The number of sulfone groups is 1. The monoisotopic (exact) mass is 241 g/mol. The van der Waals surface area contributed by atoms with Crippen molar-refractivity contribution in [2.75, 3.05) is 5.75 Å². The quantitative estimate of drug-likeness (QED) is 0.816. The van der Waals surface area contributed by atoms with Crippen LogP contribution in [-0.4, -0.2) is 19.2 Å². The summed E-state index contributed by atoms with van der Waals surface area (Å²) in [6.45, 7) is 7.86. The van der Waals surface area contributed by atoms with E-state index in [0.29, 0.717) is 0 Å². The Balaban J connectivity index is 3.16. The van der Waals surface area contributed by atoms with Gasteiger partial charge in [0.2, 0.25) is 0 Å². The highest BCUT2D eigenvalue weighted by atomic mass is 32.2. The molecule has 1 aromatic rings. The molecule has 1 heterocycles. The highest BCUT2D eigenvalue weighted by Gasteiger charge is 2.20. The van der Waals surface area contributed by atoms with Crippen LogP contribution in [0.2, 0.25) is 0 Å². The van der Waals surface area contributed by atoms with Crippen molar-refractivity contribution in [2.45, 2.75) is 38.9 Å². The number of rotatable bonds is 3. The molecule has 0 aromatic carbocycles. The third-order valence-electron chi connectivity index (χ3n) is 2.53. The van der Waals surface area contributed by atoms with Crippen LogP contribution in [0.3, 0.4) is 0 Å². The van der Waals surface area contributed by atoms with Gasteiger partial charge in [-0.15, -0.1) is 0 Å². The second-order valence-corrected chi connectivity index (χ2v) is 7.31. The summed E-state index contributed by atoms with van der Waals surface area (Å²) in [6, 6.07) is 1.80. The van der Waals surface area contributed by atoms with Crippen LogP contribution in [0, 0.1) is 0 Å². The smallest absolute Gasteiger partial charge is 0.154 e. The van der Waals surface area contributed by atoms with Crippen LogP contribution >= 0.6 is 0 Å². The zero-order valence-corrected chi connectivity index (χ0v) is 11.1. The predicted octanol–water partition coefficient (Wildman–Crippen LogP) is 2.31. The van der Waals surface area contributed by atoms with E-state index in [1.54, 1.807) is 25.4 Å². The second kappa shape index (κ2) is 4.53. The summed E-state index contributed by atoms with van der Waals surface area (Å²) in [5.74, 6) is 0.289. The zero-order valence-electron chi connectivity index (χ0n) is 10.3. The van der Waals surface area contributed by atoms with E-state index < -0.39 is 9.84 Å². The van der Waals surface area contributed by atoms with E-state index >= 15 is 0 Å². The minimum Gasteiger partial charge on any atom is -0.264 e. The molecule has 0 aliphatic heterocycles. The molecule has 0 spiro atoms. The van der Waals surface area contributed by atoms with Gasteiger partial charge in [-0.05, 0) is 22.6 Å². The molecule has 16 heavy (non-hydrogen) atoms. The van der Waals surface area contributed by atoms with Crippen LogP contribution in [0.5, 0.6) is 0 Å². The van der Waals surface area contributed by atoms with Crippen LogP contribution in [0.25, 0.3) is 0 Å². The highest BCUT2D eigenvalue weighted by Crippen LogP contribution is 2.26. The van der Waals surface area contributed by atoms with Crippen LogP contribution < -0.4 is 0 Å².